The van der Waals surface area contributed by atoms with E-state index in [-0.39, 0.29) is 12.5 Å². The lowest BCUT2D eigenvalue weighted by molar-refractivity contribution is 0.0916. The number of imidazole rings is 1. The van der Waals surface area contributed by atoms with Crippen LogP contribution in [0, 0.1) is 6.92 Å². The van der Waals surface area contributed by atoms with Crippen molar-refractivity contribution in [3.05, 3.63) is 59.4 Å². The number of carbonyl (C=O) groups excluding carboxylic acids is 1. The van der Waals surface area contributed by atoms with Gasteiger partial charge in [-0.1, -0.05) is 12.1 Å². The molecule has 0 saturated heterocycles. The minimum atomic E-state index is -0.782. The van der Waals surface area contributed by atoms with E-state index in [1.165, 1.54) is 0 Å². The molecular weight excluding hydrogens is 318 g/mol. The molecule has 0 radical (unpaired) electrons. The van der Waals surface area contributed by atoms with E-state index in [1.54, 1.807) is 43.5 Å². The zero-order chi connectivity index (χ0) is 18.0. The molecule has 130 valence electrons. The third kappa shape index (κ3) is 3.49. The highest BCUT2D eigenvalue weighted by molar-refractivity contribution is 5.97. The Bertz CT molecular complexity index is 900. The number of aromatic nitrogens is 2. The molecule has 6 heteroatoms. The average Bonchev–Trinajstić information content (AvgIpc) is 2.93. The minimum absolute atomic E-state index is 0.129. The number of ether oxygens (including phenoxy) is 1. The van der Waals surface area contributed by atoms with Gasteiger partial charge in [0.25, 0.3) is 5.91 Å². The van der Waals surface area contributed by atoms with Crippen LogP contribution in [0.2, 0.25) is 0 Å². The van der Waals surface area contributed by atoms with Crippen LogP contribution in [0.1, 0.15) is 27.8 Å². The molecule has 0 saturated carbocycles. The number of nitrogens with one attached hydrogen (secondary N) is 1. The molecule has 0 aliphatic rings. The van der Waals surface area contributed by atoms with Crippen LogP contribution in [0.3, 0.4) is 0 Å². The van der Waals surface area contributed by atoms with Crippen LogP contribution < -0.4 is 10.1 Å². The van der Waals surface area contributed by atoms with Crippen molar-refractivity contribution < 1.29 is 14.6 Å². The Morgan fingerprint density at radius 2 is 2.00 bits per heavy atom. The SMILES string of the molecule is COc1ccc([C@H](O)CNC(=O)c2ccc3c(c2)nc(C)n3C)cc1. The predicted octanol–water partition coefficient (Wildman–Crippen LogP) is 2.35. The van der Waals surface area contributed by atoms with Gasteiger partial charge in [-0.25, -0.2) is 4.98 Å². The topological polar surface area (TPSA) is 76.4 Å². The summed E-state index contributed by atoms with van der Waals surface area (Å²) in [6.07, 6.45) is -0.782. The van der Waals surface area contributed by atoms with Crippen molar-refractivity contribution in [2.45, 2.75) is 13.0 Å². The quantitative estimate of drug-likeness (QED) is 0.748. The molecule has 2 N–H and O–H groups in total. The third-order valence-electron chi connectivity index (χ3n) is 4.32. The number of fused-ring (bicyclic) bond motifs is 1. The number of benzene rings is 2. The van der Waals surface area contributed by atoms with Crippen LogP contribution in [-0.2, 0) is 7.05 Å². The van der Waals surface area contributed by atoms with Crippen LogP contribution in [-0.4, -0.2) is 34.2 Å². The minimum Gasteiger partial charge on any atom is -0.497 e. The summed E-state index contributed by atoms with van der Waals surface area (Å²) in [5, 5.41) is 13.0. The maximum absolute atomic E-state index is 12.3. The largest absolute Gasteiger partial charge is 0.497 e. The van der Waals surface area contributed by atoms with E-state index in [0.717, 1.165) is 28.2 Å². The van der Waals surface area contributed by atoms with Gasteiger partial charge < -0.3 is 19.7 Å². The number of hydrogen-bond acceptors (Lipinski definition) is 4. The number of hydrogen-bond donors (Lipinski definition) is 2. The second-order valence-electron chi connectivity index (χ2n) is 5.92. The Morgan fingerprint density at radius 3 is 2.68 bits per heavy atom. The molecule has 1 heterocycles. The number of nitrogens with zero attached hydrogens (tertiary/aromatic N) is 2. The maximum Gasteiger partial charge on any atom is 0.251 e. The molecule has 3 aromatic rings. The molecule has 0 spiro atoms. The van der Waals surface area contributed by atoms with Crippen molar-refractivity contribution in [1.29, 1.82) is 0 Å². The molecule has 2 aromatic carbocycles. The number of methoxy groups -OCH3 is 1. The second kappa shape index (κ2) is 6.94. The molecule has 1 atom stereocenters. The number of carbonyl (C=O) groups is 1. The van der Waals surface area contributed by atoms with Gasteiger partial charge in [-0.15, -0.1) is 0 Å². The second-order valence-corrected chi connectivity index (χ2v) is 5.92. The Morgan fingerprint density at radius 1 is 1.28 bits per heavy atom. The van der Waals surface area contributed by atoms with Gasteiger partial charge in [0.2, 0.25) is 0 Å². The highest BCUT2D eigenvalue weighted by atomic mass is 16.5. The Kier molecular flexibility index (Phi) is 4.72. The summed E-state index contributed by atoms with van der Waals surface area (Å²) in [7, 11) is 3.53. The zero-order valence-electron chi connectivity index (χ0n) is 14.5. The zero-order valence-corrected chi connectivity index (χ0v) is 14.5. The molecule has 0 bridgehead atoms. The summed E-state index contributed by atoms with van der Waals surface area (Å²) < 4.78 is 7.07. The molecule has 1 aromatic heterocycles. The lowest BCUT2D eigenvalue weighted by Crippen LogP contribution is -2.28. The van der Waals surface area contributed by atoms with Crippen molar-refractivity contribution >= 4 is 16.9 Å². The number of amides is 1. The van der Waals surface area contributed by atoms with Crippen molar-refractivity contribution in [2.24, 2.45) is 7.05 Å². The van der Waals surface area contributed by atoms with Gasteiger partial charge in [0.05, 0.1) is 24.2 Å². The summed E-state index contributed by atoms with van der Waals surface area (Å²) in [6.45, 7) is 2.05. The summed E-state index contributed by atoms with van der Waals surface area (Å²) in [5.41, 5.74) is 3.00. The van der Waals surface area contributed by atoms with Crippen molar-refractivity contribution in [3.8, 4) is 5.75 Å². The van der Waals surface area contributed by atoms with E-state index in [2.05, 4.69) is 10.3 Å². The van der Waals surface area contributed by atoms with E-state index in [9.17, 15) is 9.90 Å². The Labute approximate surface area is 146 Å². The van der Waals surface area contributed by atoms with Gasteiger partial charge in [-0.05, 0) is 42.8 Å². The first-order chi connectivity index (χ1) is 12.0. The van der Waals surface area contributed by atoms with Crippen LogP contribution in [0.25, 0.3) is 11.0 Å². The molecule has 0 fully saturated rings. The standard InChI is InChI=1S/C19H21N3O3/c1-12-21-16-10-14(6-9-17(16)22(12)2)19(24)20-11-18(23)13-4-7-15(25-3)8-5-13/h4-10,18,23H,11H2,1-3H3,(H,20,24)/t18-/m1/s1. The van der Waals surface area contributed by atoms with E-state index >= 15 is 0 Å². The summed E-state index contributed by atoms with van der Waals surface area (Å²) in [5.74, 6) is 1.37. The first-order valence-corrected chi connectivity index (χ1v) is 8.03. The van der Waals surface area contributed by atoms with Crippen LogP contribution in [0.15, 0.2) is 42.5 Å². The van der Waals surface area contributed by atoms with Crippen LogP contribution in [0.5, 0.6) is 5.75 Å². The molecule has 0 aliphatic heterocycles. The normalized spacial score (nSPS) is 12.2. The molecule has 25 heavy (non-hydrogen) atoms. The predicted molar refractivity (Wildman–Crippen MR) is 95.7 cm³/mol. The fourth-order valence-corrected chi connectivity index (χ4v) is 2.70. The van der Waals surface area contributed by atoms with Gasteiger partial charge in [-0.2, -0.15) is 0 Å². The van der Waals surface area contributed by atoms with Crippen LogP contribution >= 0.6 is 0 Å². The molecule has 3 rings (SSSR count). The Hall–Kier alpha value is -2.86. The van der Waals surface area contributed by atoms with Gasteiger partial charge in [0, 0.05) is 19.2 Å². The summed E-state index contributed by atoms with van der Waals surface area (Å²) in [6, 6.07) is 12.5. The van der Waals surface area contributed by atoms with Crippen molar-refractivity contribution in [1.82, 2.24) is 14.9 Å². The highest BCUT2D eigenvalue weighted by Gasteiger charge is 2.13. The lowest BCUT2D eigenvalue weighted by atomic mass is 10.1. The highest BCUT2D eigenvalue weighted by Crippen LogP contribution is 2.18. The van der Waals surface area contributed by atoms with Gasteiger partial charge >= 0.3 is 0 Å². The smallest absolute Gasteiger partial charge is 0.251 e. The molecule has 0 unspecified atom stereocenters. The monoisotopic (exact) mass is 339 g/mol. The maximum atomic E-state index is 12.3. The first-order valence-electron chi connectivity index (χ1n) is 8.03. The van der Waals surface area contributed by atoms with Crippen molar-refractivity contribution in [2.75, 3.05) is 13.7 Å². The van der Waals surface area contributed by atoms with E-state index in [0.29, 0.717) is 5.56 Å². The Balaban J connectivity index is 1.67. The first kappa shape index (κ1) is 17.0. The summed E-state index contributed by atoms with van der Waals surface area (Å²) >= 11 is 0. The van der Waals surface area contributed by atoms with Gasteiger partial charge in [0.15, 0.2) is 0 Å². The fourth-order valence-electron chi connectivity index (χ4n) is 2.70. The van der Waals surface area contributed by atoms with Crippen LogP contribution in [0.4, 0.5) is 0 Å². The van der Waals surface area contributed by atoms with E-state index < -0.39 is 6.10 Å². The molecule has 6 nitrogen and oxygen atoms in total. The number of aryl methyl sites for hydroxylation is 2. The average molecular weight is 339 g/mol. The number of aliphatic hydroxyl groups excluding tert-OH is 1. The van der Waals surface area contributed by atoms with E-state index in [1.807, 2.05) is 24.6 Å². The fraction of sp³-hybridized carbons (Fsp3) is 0.263. The summed E-state index contributed by atoms with van der Waals surface area (Å²) in [4.78, 5) is 16.8. The number of rotatable bonds is 5. The molecule has 0 aliphatic carbocycles. The number of aliphatic hydroxyl groups is 1. The third-order valence-corrected chi connectivity index (χ3v) is 4.32. The van der Waals surface area contributed by atoms with Crippen molar-refractivity contribution in [3.63, 3.8) is 0 Å². The molecule has 1 amide bonds. The molecular formula is C19H21N3O3. The van der Waals surface area contributed by atoms with E-state index in [4.69, 9.17) is 4.74 Å². The van der Waals surface area contributed by atoms with Gasteiger partial charge in [0.1, 0.15) is 11.6 Å². The van der Waals surface area contributed by atoms with Gasteiger partial charge in [-0.3, -0.25) is 4.79 Å². The lowest BCUT2D eigenvalue weighted by Gasteiger charge is -2.13.